The first-order valence-corrected chi connectivity index (χ1v) is 9.62. The summed E-state index contributed by atoms with van der Waals surface area (Å²) in [5, 5.41) is 5.20. The number of rotatable bonds is 2. The molecule has 5 rings (SSSR count). The molecule has 0 saturated heterocycles. The second-order valence-electron chi connectivity index (χ2n) is 7.57. The van der Waals surface area contributed by atoms with Gasteiger partial charge in [-0.3, -0.25) is 9.48 Å². The van der Waals surface area contributed by atoms with Crippen LogP contribution in [0.4, 0.5) is 0 Å². The number of carbonyl (C=O) groups excluding carboxylic acids is 1. The van der Waals surface area contributed by atoms with Gasteiger partial charge in [-0.2, -0.15) is 5.10 Å². The second-order valence-corrected chi connectivity index (χ2v) is 7.57. The van der Waals surface area contributed by atoms with E-state index in [1.54, 1.807) is 4.68 Å². The lowest BCUT2D eigenvalue weighted by Crippen LogP contribution is -2.36. The number of fused-ring (bicyclic) bond motifs is 2. The van der Waals surface area contributed by atoms with E-state index >= 15 is 0 Å². The van der Waals surface area contributed by atoms with Crippen molar-refractivity contribution in [3.05, 3.63) is 65.1 Å². The highest BCUT2D eigenvalue weighted by Crippen LogP contribution is 2.27. The van der Waals surface area contributed by atoms with Crippen molar-refractivity contribution in [2.24, 2.45) is 7.05 Å². The highest BCUT2D eigenvalue weighted by molar-refractivity contribution is 5.95. The van der Waals surface area contributed by atoms with E-state index < -0.39 is 0 Å². The van der Waals surface area contributed by atoms with Crippen LogP contribution in [0.1, 0.15) is 33.1 Å². The maximum Gasteiger partial charge on any atom is 0.257 e. The Morgan fingerprint density at radius 2 is 2.00 bits per heavy atom. The molecule has 0 radical (unpaired) electrons. The normalized spacial score (nSPS) is 13.7. The molecule has 0 N–H and O–H groups in total. The average molecular weight is 387 g/mol. The van der Waals surface area contributed by atoms with Gasteiger partial charge in [0, 0.05) is 61.2 Å². The first-order valence-electron chi connectivity index (χ1n) is 9.62. The van der Waals surface area contributed by atoms with Gasteiger partial charge in [0.1, 0.15) is 11.5 Å². The van der Waals surface area contributed by atoms with Gasteiger partial charge in [-0.15, -0.1) is 0 Å². The zero-order chi connectivity index (χ0) is 20.1. The lowest BCUT2D eigenvalue weighted by Gasteiger charge is -2.28. The third kappa shape index (κ3) is 3.08. The number of carbonyl (C=O) groups is 1. The van der Waals surface area contributed by atoms with Crippen LogP contribution < -0.4 is 0 Å². The van der Waals surface area contributed by atoms with Crippen molar-refractivity contribution in [3.63, 3.8) is 0 Å². The summed E-state index contributed by atoms with van der Waals surface area (Å²) in [5.74, 6) is 1.43. The standard InChI is InChI=1S/C22H21N5O2/c1-13-6-19(14(2)29-13)22(28)27-5-4-20-17(12-27)8-15-7-16(9-23-21(15)25-20)18-10-24-26(3)11-18/h6-11H,4-5,12H2,1-3H3. The number of aryl methyl sites for hydroxylation is 3. The maximum atomic E-state index is 13.0. The molecule has 5 heterocycles. The molecule has 0 bridgehead atoms. The number of hydrogen-bond acceptors (Lipinski definition) is 5. The predicted octanol–water partition coefficient (Wildman–Crippen LogP) is 3.44. The third-order valence-corrected chi connectivity index (χ3v) is 5.41. The summed E-state index contributed by atoms with van der Waals surface area (Å²) in [6.45, 7) is 4.87. The number of nitrogens with zero attached hydrogens (tertiary/aromatic N) is 5. The third-order valence-electron chi connectivity index (χ3n) is 5.41. The molecule has 0 unspecified atom stereocenters. The topological polar surface area (TPSA) is 77.1 Å². The van der Waals surface area contributed by atoms with Gasteiger partial charge in [0.05, 0.1) is 11.8 Å². The number of amides is 1. The Hall–Kier alpha value is -3.48. The Kier molecular flexibility index (Phi) is 3.97. The highest BCUT2D eigenvalue weighted by atomic mass is 16.3. The van der Waals surface area contributed by atoms with Gasteiger partial charge in [-0.05, 0) is 37.6 Å². The van der Waals surface area contributed by atoms with Gasteiger partial charge in [-0.25, -0.2) is 9.97 Å². The van der Waals surface area contributed by atoms with Gasteiger partial charge in [0.15, 0.2) is 5.65 Å². The first-order chi connectivity index (χ1) is 14.0. The van der Waals surface area contributed by atoms with Crippen molar-refractivity contribution in [3.8, 4) is 11.1 Å². The molecule has 1 aliphatic heterocycles. The quantitative estimate of drug-likeness (QED) is 0.527. The summed E-state index contributed by atoms with van der Waals surface area (Å²) >= 11 is 0. The van der Waals surface area contributed by atoms with Crippen LogP contribution in [0.15, 0.2) is 41.2 Å². The molecule has 7 heteroatoms. The summed E-state index contributed by atoms with van der Waals surface area (Å²) in [6.07, 6.45) is 6.34. The smallest absolute Gasteiger partial charge is 0.257 e. The fraction of sp³-hybridized carbons (Fsp3) is 0.273. The van der Waals surface area contributed by atoms with Crippen molar-refractivity contribution in [2.45, 2.75) is 26.8 Å². The van der Waals surface area contributed by atoms with Gasteiger partial charge in [-0.1, -0.05) is 0 Å². The van der Waals surface area contributed by atoms with Crippen LogP contribution in [0.3, 0.4) is 0 Å². The fourth-order valence-corrected chi connectivity index (χ4v) is 3.94. The summed E-state index contributed by atoms with van der Waals surface area (Å²) < 4.78 is 7.31. The molecule has 0 atom stereocenters. The summed E-state index contributed by atoms with van der Waals surface area (Å²) in [6, 6.07) is 6.00. The minimum absolute atomic E-state index is 0.00679. The van der Waals surface area contributed by atoms with Crippen molar-refractivity contribution in [1.29, 1.82) is 0 Å². The van der Waals surface area contributed by atoms with Crippen LogP contribution >= 0.6 is 0 Å². The number of furan rings is 1. The van der Waals surface area contributed by atoms with Crippen LogP contribution in [-0.4, -0.2) is 37.1 Å². The van der Waals surface area contributed by atoms with Crippen molar-refractivity contribution in [1.82, 2.24) is 24.6 Å². The summed E-state index contributed by atoms with van der Waals surface area (Å²) in [5.41, 5.74) is 5.48. The second kappa shape index (κ2) is 6.55. The summed E-state index contributed by atoms with van der Waals surface area (Å²) in [7, 11) is 1.89. The molecule has 0 aliphatic carbocycles. The number of hydrogen-bond donors (Lipinski definition) is 0. The van der Waals surface area contributed by atoms with E-state index in [1.807, 2.05) is 50.5 Å². The Balaban J connectivity index is 1.48. The van der Waals surface area contributed by atoms with E-state index in [0.29, 0.717) is 24.4 Å². The fourth-order valence-electron chi connectivity index (χ4n) is 3.94. The first kappa shape index (κ1) is 17.6. The molecule has 146 valence electrons. The molecule has 4 aromatic rings. The molecule has 1 amide bonds. The van der Waals surface area contributed by atoms with Crippen LogP contribution in [0.2, 0.25) is 0 Å². The number of pyridine rings is 2. The Morgan fingerprint density at radius 3 is 2.72 bits per heavy atom. The zero-order valence-corrected chi connectivity index (χ0v) is 16.6. The zero-order valence-electron chi connectivity index (χ0n) is 16.6. The highest BCUT2D eigenvalue weighted by Gasteiger charge is 2.25. The molecule has 4 aromatic heterocycles. The number of aromatic nitrogens is 4. The Morgan fingerprint density at radius 1 is 1.14 bits per heavy atom. The van der Waals surface area contributed by atoms with Crippen molar-refractivity contribution >= 4 is 16.9 Å². The van der Waals surface area contributed by atoms with Gasteiger partial charge >= 0.3 is 0 Å². The van der Waals surface area contributed by atoms with Gasteiger partial charge in [0.2, 0.25) is 0 Å². The molecule has 7 nitrogen and oxygen atoms in total. The lowest BCUT2D eigenvalue weighted by molar-refractivity contribution is 0.0732. The average Bonchev–Trinajstić information content (AvgIpc) is 3.29. The van der Waals surface area contributed by atoms with E-state index in [0.717, 1.165) is 45.6 Å². The van der Waals surface area contributed by atoms with Crippen molar-refractivity contribution < 1.29 is 9.21 Å². The van der Waals surface area contributed by atoms with Crippen LogP contribution in [0.25, 0.3) is 22.2 Å². The lowest BCUT2D eigenvalue weighted by atomic mass is 10.0. The van der Waals surface area contributed by atoms with E-state index in [4.69, 9.17) is 9.40 Å². The molecular weight excluding hydrogens is 366 g/mol. The van der Waals surface area contributed by atoms with E-state index in [2.05, 4.69) is 22.2 Å². The van der Waals surface area contributed by atoms with Crippen LogP contribution in [0, 0.1) is 13.8 Å². The SMILES string of the molecule is Cc1cc(C(=O)N2CCc3nc4ncc(-c5cnn(C)c5)cc4cc3C2)c(C)o1. The van der Waals surface area contributed by atoms with Crippen LogP contribution in [-0.2, 0) is 20.0 Å². The molecule has 0 saturated carbocycles. The van der Waals surface area contributed by atoms with Gasteiger partial charge in [0.25, 0.3) is 5.91 Å². The minimum Gasteiger partial charge on any atom is -0.466 e. The monoisotopic (exact) mass is 387 g/mol. The molecule has 0 spiro atoms. The van der Waals surface area contributed by atoms with E-state index in [1.165, 1.54) is 0 Å². The predicted molar refractivity (Wildman–Crippen MR) is 108 cm³/mol. The van der Waals surface area contributed by atoms with Gasteiger partial charge < -0.3 is 9.32 Å². The molecular formula is C22H21N5O2. The molecule has 29 heavy (non-hydrogen) atoms. The Labute approximate surface area is 168 Å². The van der Waals surface area contributed by atoms with Crippen LogP contribution in [0.5, 0.6) is 0 Å². The largest absolute Gasteiger partial charge is 0.466 e. The maximum absolute atomic E-state index is 13.0. The minimum atomic E-state index is 0.00679. The summed E-state index contributed by atoms with van der Waals surface area (Å²) in [4.78, 5) is 24.1. The molecule has 0 aromatic carbocycles. The molecule has 1 aliphatic rings. The van der Waals surface area contributed by atoms with E-state index in [-0.39, 0.29) is 5.91 Å². The Bertz CT molecular complexity index is 1250. The van der Waals surface area contributed by atoms with E-state index in [9.17, 15) is 4.79 Å². The molecule has 0 fully saturated rings. The van der Waals surface area contributed by atoms with Crippen molar-refractivity contribution in [2.75, 3.05) is 6.54 Å².